The molecule has 4 rings (SSSR count). The van der Waals surface area contributed by atoms with E-state index in [1.165, 1.54) is 6.33 Å². The molecule has 3 heterocycles. The lowest BCUT2D eigenvalue weighted by Gasteiger charge is -2.09. The highest BCUT2D eigenvalue weighted by Crippen LogP contribution is 2.30. The molecule has 0 fully saturated rings. The van der Waals surface area contributed by atoms with Gasteiger partial charge in [-0.2, -0.15) is 10.2 Å². The van der Waals surface area contributed by atoms with E-state index in [4.69, 9.17) is 16.3 Å². The number of carbonyl (C=O) groups excluding carboxylic acids is 1. The van der Waals surface area contributed by atoms with Crippen LogP contribution >= 0.6 is 11.6 Å². The van der Waals surface area contributed by atoms with Gasteiger partial charge in [-0.15, -0.1) is 0 Å². The summed E-state index contributed by atoms with van der Waals surface area (Å²) in [5.74, 6) is 1.50. The van der Waals surface area contributed by atoms with Gasteiger partial charge in [-0.05, 0) is 39.8 Å². The number of hydrogen-bond donors (Lipinski definition) is 1. The molecular formula is C23H24ClN7O2. The molecule has 1 aromatic carbocycles. The van der Waals surface area contributed by atoms with Gasteiger partial charge in [-0.3, -0.25) is 4.68 Å². The molecular weight excluding hydrogens is 442 g/mol. The molecule has 9 nitrogen and oxygen atoms in total. The summed E-state index contributed by atoms with van der Waals surface area (Å²) in [6, 6.07) is 9.33. The summed E-state index contributed by atoms with van der Waals surface area (Å²) in [5.41, 5.74) is 4.46. The minimum absolute atomic E-state index is 0.298. The van der Waals surface area contributed by atoms with Crippen molar-refractivity contribution in [3.63, 3.8) is 0 Å². The van der Waals surface area contributed by atoms with Gasteiger partial charge >= 0.3 is 5.97 Å². The molecule has 0 saturated heterocycles. The van der Waals surface area contributed by atoms with Gasteiger partial charge in [0, 0.05) is 29.3 Å². The van der Waals surface area contributed by atoms with E-state index in [2.05, 4.69) is 25.5 Å². The lowest BCUT2D eigenvalue weighted by atomic mass is 10.1. The van der Waals surface area contributed by atoms with Crippen LogP contribution < -0.4 is 5.32 Å². The zero-order valence-electron chi connectivity index (χ0n) is 19.0. The van der Waals surface area contributed by atoms with Crippen molar-refractivity contribution in [2.45, 2.75) is 27.7 Å². The fraction of sp³-hybridized carbons (Fsp3) is 0.261. The second kappa shape index (κ2) is 9.03. The van der Waals surface area contributed by atoms with Crippen LogP contribution in [-0.2, 0) is 11.8 Å². The molecule has 0 atom stereocenters. The van der Waals surface area contributed by atoms with Crippen molar-refractivity contribution in [1.29, 1.82) is 0 Å². The molecule has 10 heteroatoms. The first-order chi connectivity index (χ1) is 15.8. The third kappa shape index (κ3) is 4.31. The van der Waals surface area contributed by atoms with Crippen LogP contribution in [0.3, 0.4) is 0 Å². The maximum Gasteiger partial charge on any atom is 0.341 e. The molecule has 0 aliphatic carbocycles. The number of anilines is 2. The molecule has 0 aliphatic heterocycles. The highest BCUT2D eigenvalue weighted by atomic mass is 35.5. The van der Waals surface area contributed by atoms with Gasteiger partial charge in [-0.1, -0.05) is 23.7 Å². The van der Waals surface area contributed by atoms with Crippen LogP contribution in [-0.4, -0.2) is 42.1 Å². The van der Waals surface area contributed by atoms with E-state index in [1.807, 2.05) is 45.2 Å². The average molecular weight is 466 g/mol. The van der Waals surface area contributed by atoms with Gasteiger partial charge in [-0.25, -0.2) is 19.4 Å². The monoisotopic (exact) mass is 465 g/mol. The Morgan fingerprint density at radius 3 is 2.55 bits per heavy atom. The maximum absolute atomic E-state index is 12.3. The Kier molecular flexibility index (Phi) is 6.15. The van der Waals surface area contributed by atoms with E-state index in [0.29, 0.717) is 40.2 Å². The zero-order valence-corrected chi connectivity index (χ0v) is 19.8. The number of aromatic nitrogens is 6. The molecule has 0 saturated carbocycles. The molecule has 0 bridgehead atoms. The summed E-state index contributed by atoms with van der Waals surface area (Å²) in [6.07, 6.45) is 1.45. The van der Waals surface area contributed by atoms with Crippen LogP contribution in [0.1, 0.15) is 34.2 Å². The van der Waals surface area contributed by atoms with E-state index in [-0.39, 0.29) is 0 Å². The maximum atomic E-state index is 12.3. The van der Waals surface area contributed by atoms with Gasteiger partial charge in [0.1, 0.15) is 23.5 Å². The number of ether oxygens (including phenoxy) is 1. The van der Waals surface area contributed by atoms with Crippen LogP contribution in [0.4, 0.5) is 11.6 Å². The smallest absolute Gasteiger partial charge is 0.341 e. The largest absolute Gasteiger partial charge is 0.462 e. The van der Waals surface area contributed by atoms with Gasteiger partial charge in [0.15, 0.2) is 5.82 Å². The first-order valence-electron chi connectivity index (χ1n) is 10.4. The number of nitrogens with zero attached hydrogens (tertiary/aromatic N) is 6. The highest BCUT2D eigenvalue weighted by Gasteiger charge is 2.21. The van der Waals surface area contributed by atoms with E-state index in [9.17, 15) is 4.79 Å². The molecule has 170 valence electrons. The molecule has 0 unspecified atom stereocenters. The summed E-state index contributed by atoms with van der Waals surface area (Å²) >= 11 is 6.02. The fourth-order valence-electron chi connectivity index (χ4n) is 3.70. The summed E-state index contributed by atoms with van der Waals surface area (Å²) in [7, 11) is 1.86. The summed E-state index contributed by atoms with van der Waals surface area (Å²) in [5, 5.41) is 13.1. The number of nitrogens with one attached hydrogen (secondary N) is 1. The number of rotatable bonds is 6. The first-order valence-corrected chi connectivity index (χ1v) is 10.8. The quantitative estimate of drug-likeness (QED) is 0.416. The second-order valence-corrected chi connectivity index (χ2v) is 7.95. The Morgan fingerprint density at radius 1 is 1.12 bits per heavy atom. The first kappa shape index (κ1) is 22.5. The highest BCUT2D eigenvalue weighted by molar-refractivity contribution is 6.30. The third-order valence-corrected chi connectivity index (χ3v) is 5.54. The van der Waals surface area contributed by atoms with Crippen molar-refractivity contribution in [2.24, 2.45) is 7.05 Å². The molecule has 3 aromatic heterocycles. The molecule has 1 N–H and O–H groups in total. The minimum atomic E-state index is -0.397. The van der Waals surface area contributed by atoms with Crippen molar-refractivity contribution < 1.29 is 9.53 Å². The summed E-state index contributed by atoms with van der Waals surface area (Å²) in [4.78, 5) is 21.0. The number of benzene rings is 1. The molecule has 0 aliphatic rings. The fourth-order valence-corrected chi connectivity index (χ4v) is 3.83. The van der Waals surface area contributed by atoms with Crippen LogP contribution in [0.5, 0.6) is 0 Å². The predicted octanol–water partition coefficient (Wildman–Crippen LogP) is 4.56. The molecule has 0 spiro atoms. The lowest BCUT2D eigenvalue weighted by Crippen LogP contribution is -2.09. The van der Waals surface area contributed by atoms with Crippen molar-refractivity contribution >= 4 is 29.2 Å². The van der Waals surface area contributed by atoms with E-state index < -0.39 is 5.97 Å². The number of aryl methyl sites for hydroxylation is 2. The average Bonchev–Trinajstić information content (AvgIpc) is 3.24. The Morgan fingerprint density at radius 2 is 1.85 bits per heavy atom. The Balaban J connectivity index is 1.66. The van der Waals surface area contributed by atoms with Crippen LogP contribution in [0, 0.1) is 20.8 Å². The SMILES string of the molecule is CCOC(=O)c1c(C)nn(-c2cc(Nc3c(C)c(-c4ccc(Cl)cc4)nn3C)ncn2)c1C. The van der Waals surface area contributed by atoms with Crippen LogP contribution in [0.15, 0.2) is 36.7 Å². The van der Waals surface area contributed by atoms with Gasteiger partial charge in [0.2, 0.25) is 0 Å². The normalized spacial score (nSPS) is 11.0. The van der Waals surface area contributed by atoms with E-state index >= 15 is 0 Å². The summed E-state index contributed by atoms with van der Waals surface area (Å²) in [6.45, 7) is 7.65. The van der Waals surface area contributed by atoms with Crippen molar-refractivity contribution in [3.05, 3.63) is 64.2 Å². The Hall–Kier alpha value is -3.72. The number of hydrogen-bond acceptors (Lipinski definition) is 7. The second-order valence-electron chi connectivity index (χ2n) is 7.52. The van der Waals surface area contributed by atoms with Crippen LogP contribution in [0.25, 0.3) is 17.1 Å². The number of halogens is 1. The standard InChI is InChI=1S/C23H24ClN7O2/c1-6-33-23(32)20-14(3)28-31(15(20)4)19-11-18(25-12-26-19)27-22-13(2)21(29-30(22)5)16-7-9-17(24)10-8-16/h7-12H,6H2,1-5H3,(H,25,26,27). The van der Waals surface area contributed by atoms with Gasteiger partial charge in [0.25, 0.3) is 0 Å². The van der Waals surface area contributed by atoms with Gasteiger partial charge < -0.3 is 10.1 Å². The molecule has 0 amide bonds. The lowest BCUT2D eigenvalue weighted by molar-refractivity contribution is 0.0524. The topological polar surface area (TPSA) is 99.8 Å². The Labute approximate surface area is 196 Å². The van der Waals surface area contributed by atoms with Gasteiger partial charge in [0.05, 0.1) is 23.7 Å². The van der Waals surface area contributed by atoms with Crippen molar-refractivity contribution in [1.82, 2.24) is 29.5 Å². The number of carbonyl (C=O) groups is 1. The van der Waals surface area contributed by atoms with Crippen molar-refractivity contribution in [3.8, 4) is 17.1 Å². The number of esters is 1. The predicted molar refractivity (Wildman–Crippen MR) is 126 cm³/mol. The van der Waals surface area contributed by atoms with E-state index in [0.717, 1.165) is 22.6 Å². The zero-order chi connectivity index (χ0) is 23.7. The van der Waals surface area contributed by atoms with Crippen molar-refractivity contribution in [2.75, 3.05) is 11.9 Å². The molecule has 4 aromatic rings. The summed E-state index contributed by atoms with van der Waals surface area (Å²) < 4.78 is 8.54. The molecule has 33 heavy (non-hydrogen) atoms. The van der Waals surface area contributed by atoms with Crippen LogP contribution in [0.2, 0.25) is 5.02 Å². The van der Waals surface area contributed by atoms with E-state index in [1.54, 1.807) is 29.3 Å². The third-order valence-electron chi connectivity index (χ3n) is 5.29. The minimum Gasteiger partial charge on any atom is -0.462 e. The Bertz CT molecular complexity index is 1330. The molecule has 0 radical (unpaired) electrons.